The Morgan fingerprint density at radius 1 is 1.33 bits per heavy atom. The molecule has 18 heavy (non-hydrogen) atoms. The number of ether oxygens (including phenoxy) is 1. The normalized spacial score (nSPS) is 12.7. The number of hydrogen-bond donors (Lipinski definition) is 1. The number of rotatable bonds is 8. The van der Waals surface area contributed by atoms with Crippen LogP contribution in [0.2, 0.25) is 0 Å². The maximum atomic E-state index is 5.08. The van der Waals surface area contributed by atoms with Gasteiger partial charge in [-0.3, -0.25) is 0 Å². The lowest BCUT2D eigenvalue weighted by Gasteiger charge is -2.20. The number of pyridine rings is 1. The van der Waals surface area contributed by atoms with Gasteiger partial charge in [-0.05, 0) is 37.3 Å². The molecule has 0 fully saturated rings. The first-order valence-electron chi connectivity index (χ1n) is 6.88. The highest BCUT2D eigenvalue weighted by Gasteiger charge is 2.11. The van der Waals surface area contributed by atoms with Crippen LogP contribution in [0.15, 0.2) is 18.3 Å². The third-order valence-corrected chi connectivity index (χ3v) is 2.93. The van der Waals surface area contributed by atoms with E-state index in [-0.39, 0.29) is 0 Å². The molecular formula is C15H26N2O. The molecule has 0 saturated carbocycles. The van der Waals surface area contributed by atoms with E-state index in [0.29, 0.717) is 17.8 Å². The molecule has 1 aromatic heterocycles. The number of hydrogen-bond acceptors (Lipinski definition) is 3. The van der Waals surface area contributed by atoms with E-state index < -0.39 is 0 Å². The highest BCUT2D eigenvalue weighted by Crippen LogP contribution is 2.13. The van der Waals surface area contributed by atoms with Gasteiger partial charge in [0, 0.05) is 18.3 Å². The van der Waals surface area contributed by atoms with Crippen molar-refractivity contribution in [2.24, 2.45) is 5.92 Å². The first-order chi connectivity index (χ1) is 8.65. The average Bonchev–Trinajstić information content (AvgIpc) is 2.36. The Bertz CT molecular complexity index is 322. The highest BCUT2D eigenvalue weighted by molar-refractivity contribution is 5.18. The summed E-state index contributed by atoms with van der Waals surface area (Å²) in [4.78, 5) is 4.26. The fourth-order valence-electron chi connectivity index (χ4n) is 2.09. The number of aromatic nitrogens is 1. The lowest BCUT2D eigenvalue weighted by Crippen LogP contribution is -2.33. The molecule has 0 aliphatic heterocycles. The molecule has 1 rings (SSSR count). The van der Waals surface area contributed by atoms with Crippen molar-refractivity contribution in [3.05, 3.63) is 23.9 Å². The Morgan fingerprint density at radius 2 is 2.11 bits per heavy atom. The number of nitrogens with zero attached hydrogens (tertiary/aromatic N) is 1. The molecule has 0 aliphatic rings. The van der Waals surface area contributed by atoms with Crippen LogP contribution >= 0.6 is 0 Å². The molecule has 0 bridgehead atoms. The van der Waals surface area contributed by atoms with Crippen LogP contribution in [-0.2, 0) is 6.42 Å². The molecule has 0 amide bonds. The molecule has 1 N–H and O–H groups in total. The minimum atomic E-state index is 0.542. The van der Waals surface area contributed by atoms with Gasteiger partial charge in [-0.2, -0.15) is 0 Å². The molecule has 0 spiro atoms. The third kappa shape index (κ3) is 5.50. The zero-order valence-electron chi connectivity index (χ0n) is 12.1. The second-order valence-corrected chi connectivity index (χ2v) is 5.19. The first kappa shape index (κ1) is 15.0. The summed E-state index contributed by atoms with van der Waals surface area (Å²) in [6.07, 6.45) is 5.33. The van der Waals surface area contributed by atoms with Crippen LogP contribution in [0.5, 0.6) is 5.88 Å². The van der Waals surface area contributed by atoms with Crippen molar-refractivity contribution < 1.29 is 4.74 Å². The number of methoxy groups -OCH3 is 1. The maximum Gasteiger partial charge on any atom is 0.212 e. The standard InChI is InChI=1S/C15H26N2O/c1-5-8-16-14(9-12(2)3)10-13-6-7-15(18-4)17-11-13/h6-7,11-12,14,16H,5,8-10H2,1-4H3. The summed E-state index contributed by atoms with van der Waals surface area (Å²) in [5, 5.41) is 3.62. The van der Waals surface area contributed by atoms with E-state index >= 15 is 0 Å². The Morgan fingerprint density at radius 3 is 2.61 bits per heavy atom. The Labute approximate surface area is 111 Å². The summed E-state index contributed by atoms with van der Waals surface area (Å²) < 4.78 is 5.08. The van der Waals surface area contributed by atoms with Gasteiger partial charge in [-0.25, -0.2) is 4.98 Å². The van der Waals surface area contributed by atoms with Gasteiger partial charge in [0.1, 0.15) is 0 Å². The Kier molecular flexibility index (Phi) is 6.73. The summed E-state index contributed by atoms with van der Waals surface area (Å²) >= 11 is 0. The fraction of sp³-hybridized carbons (Fsp3) is 0.667. The van der Waals surface area contributed by atoms with Gasteiger partial charge in [0.05, 0.1) is 7.11 Å². The summed E-state index contributed by atoms with van der Waals surface area (Å²) in [6.45, 7) is 7.83. The topological polar surface area (TPSA) is 34.1 Å². The van der Waals surface area contributed by atoms with E-state index in [0.717, 1.165) is 13.0 Å². The molecule has 0 aromatic carbocycles. The van der Waals surface area contributed by atoms with Crippen LogP contribution in [0.3, 0.4) is 0 Å². The van der Waals surface area contributed by atoms with Crippen molar-refractivity contribution in [2.45, 2.75) is 46.1 Å². The van der Waals surface area contributed by atoms with E-state index in [2.05, 4.69) is 37.1 Å². The van der Waals surface area contributed by atoms with E-state index in [1.54, 1.807) is 7.11 Å². The molecular weight excluding hydrogens is 224 g/mol. The molecule has 1 unspecified atom stereocenters. The minimum absolute atomic E-state index is 0.542. The van der Waals surface area contributed by atoms with Crippen molar-refractivity contribution in [2.75, 3.05) is 13.7 Å². The molecule has 0 radical (unpaired) electrons. The van der Waals surface area contributed by atoms with Crippen LogP contribution in [0.4, 0.5) is 0 Å². The lowest BCUT2D eigenvalue weighted by molar-refractivity contribution is 0.395. The van der Waals surface area contributed by atoms with Gasteiger partial charge in [0.25, 0.3) is 0 Å². The average molecular weight is 250 g/mol. The summed E-state index contributed by atoms with van der Waals surface area (Å²) in [6, 6.07) is 4.58. The monoisotopic (exact) mass is 250 g/mol. The molecule has 1 heterocycles. The van der Waals surface area contributed by atoms with Crippen molar-refractivity contribution in [3.8, 4) is 5.88 Å². The second kappa shape index (κ2) is 8.09. The van der Waals surface area contributed by atoms with E-state index in [4.69, 9.17) is 4.74 Å². The first-order valence-corrected chi connectivity index (χ1v) is 6.88. The molecule has 0 saturated heterocycles. The molecule has 1 aromatic rings. The summed E-state index contributed by atoms with van der Waals surface area (Å²) in [7, 11) is 1.65. The summed E-state index contributed by atoms with van der Waals surface area (Å²) in [5.41, 5.74) is 1.27. The van der Waals surface area contributed by atoms with E-state index in [9.17, 15) is 0 Å². The number of nitrogens with one attached hydrogen (secondary N) is 1. The predicted molar refractivity (Wildman–Crippen MR) is 76.0 cm³/mol. The van der Waals surface area contributed by atoms with E-state index in [1.165, 1.54) is 18.4 Å². The van der Waals surface area contributed by atoms with Gasteiger partial charge in [0.2, 0.25) is 5.88 Å². The quantitative estimate of drug-likeness (QED) is 0.770. The Balaban J connectivity index is 2.56. The SMILES string of the molecule is CCCNC(Cc1ccc(OC)nc1)CC(C)C. The minimum Gasteiger partial charge on any atom is -0.481 e. The van der Waals surface area contributed by atoms with Gasteiger partial charge < -0.3 is 10.1 Å². The lowest BCUT2D eigenvalue weighted by atomic mass is 9.98. The maximum absolute atomic E-state index is 5.08. The van der Waals surface area contributed by atoms with Gasteiger partial charge >= 0.3 is 0 Å². The zero-order chi connectivity index (χ0) is 13.4. The van der Waals surface area contributed by atoms with Crippen molar-refractivity contribution in [3.63, 3.8) is 0 Å². The van der Waals surface area contributed by atoms with E-state index in [1.807, 2.05) is 12.3 Å². The second-order valence-electron chi connectivity index (χ2n) is 5.19. The van der Waals surface area contributed by atoms with Crippen LogP contribution in [-0.4, -0.2) is 24.7 Å². The van der Waals surface area contributed by atoms with Crippen molar-refractivity contribution in [1.29, 1.82) is 0 Å². The fourth-order valence-corrected chi connectivity index (χ4v) is 2.09. The van der Waals surface area contributed by atoms with Crippen LogP contribution < -0.4 is 10.1 Å². The zero-order valence-corrected chi connectivity index (χ0v) is 12.1. The van der Waals surface area contributed by atoms with Crippen molar-refractivity contribution in [1.82, 2.24) is 10.3 Å². The predicted octanol–water partition coefficient (Wildman–Crippen LogP) is 3.05. The molecule has 1 atom stereocenters. The van der Waals surface area contributed by atoms with Crippen LogP contribution in [0, 0.1) is 5.92 Å². The largest absolute Gasteiger partial charge is 0.481 e. The van der Waals surface area contributed by atoms with Crippen LogP contribution in [0.25, 0.3) is 0 Å². The van der Waals surface area contributed by atoms with Gasteiger partial charge in [-0.15, -0.1) is 0 Å². The van der Waals surface area contributed by atoms with Crippen LogP contribution in [0.1, 0.15) is 39.2 Å². The molecule has 0 aliphatic carbocycles. The summed E-state index contributed by atoms with van der Waals surface area (Å²) in [5.74, 6) is 1.39. The Hall–Kier alpha value is -1.09. The third-order valence-electron chi connectivity index (χ3n) is 2.93. The smallest absolute Gasteiger partial charge is 0.212 e. The van der Waals surface area contributed by atoms with Gasteiger partial charge in [-0.1, -0.05) is 26.8 Å². The molecule has 3 nitrogen and oxygen atoms in total. The molecule has 102 valence electrons. The van der Waals surface area contributed by atoms with Gasteiger partial charge in [0.15, 0.2) is 0 Å². The highest BCUT2D eigenvalue weighted by atomic mass is 16.5. The molecule has 3 heteroatoms. The van der Waals surface area contributed by atoms with Crippen molar-refractivity contribution >= 4 is 0 Å².